The van der Waals surface area contributed by atoms with Crippen LogP contribution in [0.2, 0.25) is 0 Å². The standard InChI is InChI=1S/C20H23F3N2O4/c1-20(2)16-17(23)12(10-4-5-10)7-13(22)18(16)25(19(20)28)9-14(26)24-8-11(21)6-15(27)29-3/h7,10-11H,4-6,8-9H2,1-3H3,(H,24,26)/t11-/m1/s1. The van der Waals surface area contributed by atoms with Gasteiger partial charge >= 0.3 is 5.97 Å². The maximum absolute atomic E-state index is 15.1. The lowest BCUT2D eigenvalue weighted by Crippen LogP contribution is -2.44. The van der Waals surface area contributed by atoms with Gasteiger partial charge in [-0.3, -0.25) is 19.3 Å². The summed E-state index contributed by atoms with van der Waals surface area (Å²) >= 11 is 0. The number of ether oxygens (including phenoxy) is 1. The number of hydrogen-bond donors (Lipinski definition) is 1. The van der Waals surface area contributed by atoms with Crippen molar-refractivity contribution < 1.29 is 32.3 Å². The van der Waals surface area contributed by atoms with Crippen molar-refractivity contribution in [3.63, 3.8) is 0 Å². The Morgan fingerprint density at radius 2 is 2.00 bits per heavy atom. The fraction of sp³-hybridized carbons (Fsp3) is 0.550. The second kappa shape index (κ2) is 7.68. The lowest BCUT2D eigenvalue weighted by molar-refractivity contribution is -0.142. The van der Waals surface area contributed by atoms with Gasteiger partial charge in [-0.25, -0.2) is 13.2 Å². The number of alkyl halides is 1. The minimum atomic E-state index is -1.67. The van der Waals surface area contributed by atoms with E-state index in [9.17, 15) is 23.2 Å². The van der Waals surface area contributed by atoms with Crippen molar-refractivity contribution in [3.05, 3.63) is 28.8 Å². The van der Waals surface area contributed by atoms with Gasteiger partial charge in [-0.2, -0.15) is 0 Å². The predicted molar refractivity (Wildman–Crippen MR) is 98.3 cm³/mol. The highest BCUT2D eigenvalue weighted by Gasteiger charge is 2.49. The van der Waals surface area contributed by atoms with Crippen LogP contribution in [0.3, 0.4) is 0 Å². The van der Waals surface area contributed by atoms with Crippen molar-refractivity contribution in [2.45, 2.75) is 50.6 Å². The van der Waals surface area contributed by atoms with Crippen LogP contribution < -0.4 is 10.2 Å². The average molecular weight is 412 g/mol. The highest BCUT2D eigenvalue weighted by atomic mass is 19.1. The molecule has 1 heterocycles. The van der Waals surface area contributed by atoms with E-state index < -0.39 is 60.5 Å². The van der Waals surface area contributed by atoms with Crippen LogP contribution in [-0.2, 0) is 24.5 Å². The van der Waals surface area contributed by atoms with Crippen molar-refractivity contribution in [2.24, 2.45) is 0 Å². The van der Waals surface area contributed by atoms with E-state index in [-0.39, 0.29) is 22.7 Å². The quantitative estimate of drug-likeness (QED) is 0.699. The molecule has 1 aromatic rings. The minimum absolute atomic E-state index is 0.0469. The molecule has 1 aliphatic heterocycles. The molecule has 3 rings (SSSR count). The van der Waals surface area contributed by atoms with Gasteiger partial charge in [-0.15, -0.1) is 0 Å². The van der Waals surface area contributed by atoms with Gasteiger partial charge in [-0.05, 0) is 44.2 Å². The Bertz CT molecular complexity index is 868. The molecule has 6 nitrogen and oxygen atoms in total. The third-order valence-corrected chi connectivity index (χ3v) is 5.35. The summed E-state index contributed by atoms with van der Waals surface area (Å²) in [6.45, 7) is 1.92. The minimum Gasteiger partial charge on any atom is -0.469 e. The number of anilines is 1. The number of carbonyl (C=O) groups is 3. The van der Waals surface area contributed by atoms with Crippen molar-refractivity contribution in [3.8, 4) is 0 Å². The molecule has 29 heavy (non-hydrogen) atoms. The normalized spacial score (nSPS) is 18.4. The summed E-state index contributed by atoms with van der Waals surface area (Å²) in [7, 11) is 1.12. The van der Waals surface area contributed by atoms with Crippen LogP contribution in [0.4, 0.5) is 18.9 Å². The lowest BCUT2D eigenvalue weighted by Gasteiger charge is -2.20. The Morgan fingerprint density at radius 3 is 2.59 bits per heavy atom. The van der Waals surface area contributed by atoms with Crippen LogP contribution in [0.25, 0.3) is 0 Å². The predicted octanol–water partition coefficient (Wildman–Crippen LogP) is 2.48. The molecular weight excluding hydrogens is 389 g/mol. The van der Waals surface area contributed by atoms with E-state index in [0.29, 0.717) is 0 Å². The van der Waals surface area contributed by atoms with Crippen molar-refractivity contribution in [1.29, 1.82) is 0 Å². The fourth-order valence-electron chi connectivity index (χ4n) is 3.62. The molecule has 1 N–H and O–H groups in total. The first-order valence-corrected chi connectivity index (χ1v) is 9.39. The number of amides is 2. The average Bonchev–Trinajstić information content (AvgIpc) is 3.47. The number of rotatable bonds is 7. The van der Waals surface area contributed by atoms with E-state index in [1.54, 1.807) is 0 Å². The second-order valence-corrected chi connectivity index (χ2v) is 7.96. The molecule has 2 amide bonds. The highest BCUT2D eigenvalue weighted by molar-refractivity contribution is 6.10. The van der Waals surface area contributed by atoms with Gasteiger partial charge in [0.1, 0.15) is 24.4 Å². The van der Waals surface area contributed by atoms with E-state index in [1.807, 2.05) is 0 Å². The molecule has 1 fully saturated rings. The monoisotopic (exact) mass is 412 g/mol. The maximum atomic E-state index is 15.1. The molecule has 1 atom stereocenters. The summed E-state index contributed by atoms with van der Waals surface area (Å²) in [5, 5.41) is 2.26. The zero-order valence-corrected chi connectivity index (χ0v) is 16.5. The Labute approximate surface area is 166 Å². The third kappa shape index (κ3) is 3.95. The molecule has 1 aromatic carbocycles. The maximum Gasteiger partial charge on any atom is 0.308 e. The van der Waals surface area contributed by atoms with Crippen molar-refractivity contribution >= 4 is 23.5 Å². The number of fused-ring (bicyclic) bond motifs is 1. The SMILES string of the molecule is COC(=O)C[C@@H](F)CNC(=O)CN1C(=O)C(C)(C)c2c(F)c(C3CC3)cc(F)c21. The lowest BCUT2D eigenvalue weighted by atomic mass is 9.84. The van der Waals surface area contributed by atoms with Crippen LogP contribution in [0.1, 0.15) is 50.2 Å². The molecule has 158 valence electrons. The van der Waals surface area contributed by atoms with Gasteiger partial charge in [0.25, 0.3) is 0 Å². The molecular formula is C20H23F3N2O4. The fourth-order valence-corrected chi connectivity index (χ4v) is 3.62. The first kappa shape index (κ1) is 21.1. The van der Waals surface area contributed by atoms with E-state index in [1.165, 1.54) is 13.8 Å². The molecule has 0 unspecified atom stereocenters. The van der Waals surface area contributed by atoms with Gasteiger partial charge in [0.05, 0.1) is 24.6 Å². The number of halogens is 3. The summed E-state index contributed by atoms with van der Waals surface area (Å²) < 4.78 is 48.0. The summed E-state index contributed by atoms with van der Waals surface area (Å²) in [4.78, 5) is 37.0. The van der Waals surface area contributed by atoms with E-state index in [0.717, 1.165) is 30.9 Å². The first-order valence-electron chi connectivity index (χ1n) is 9.39. The van der Waals surface area contributed by atoms with Gasteiger partial charge in [0.2, 0.25) is 11.8 Å². The number of carbonyl (C=O) groups excluding carboxylic acids is 3. The summed E-state index contributed by atoms with van der Waals surface area (Å²) in [5.41, 5.74) is -1.37. The van der Waals surface area contributed by atoms with Crippen molar-refractivity contribution in [2.75, 3.05) is 25.1 Å². The molecule has 0 saturated heterocycles. The zero-order chi connectivity index (χ0) is 21.5. The molecule has 1 saturated carbocycles. The highest BCUT2D eigenvalue weighted by Crippen LogP contribution is 2.50. The number of nitrogens with zero attached hydrogens (tertiary/aromatic N) is 1. The summed E-state index contributed by atoms with van der Waals surface area (Å²) in [5.74, 6) is -3.54. The summed E-state index contributed by atoms with van der Waals surface area (Å²) in [6, 6.07) is 1.10. The Balaban J connectivity index is 1.78. The van der Waals surface area contributed by atoms with Crippen LogP contribution >= 0.6 is 0 Å². The van der Waals surface area contributed by atoms with Gasteiger partial charge in [-0.1, -0.05) is 0 Å². The number of nitrogens with one attached hydrogen (secondary N) is 1. The van der Waals surface area contributed by atoms with Crippen LogP contribution in [0.5, 0.6) is 0 Å². The molecule has 0 bridgehead atoms. The molecule has 0 spiro atoms. The molecule has 9 heteroatoms. The Morgan fingerprint density at radius 1 is 1.34 bits per heavy atom. The Kier molecular flexibility index (Phi) is 5.60. The molecule has 0 aromatic heterocycles. The number of benzene rings is 1. The van der Waals surface area contributed by atoms with Gasteiger partial charge < -0.3 is 10.1 Å². The topological polar surface area (TPSA) is 75.7 Å². The van der Waals surface area contributed by atoms with Crippen LogP contribution in [0, 0.1) is 11.6 Å². The largest absolute Gasteiger partial charge is 0.469 e. The van der Waals surface area contributed by atoms with Crippen LogP contribution in [0.15, 0.2) is 6.07 Å². The number of esters is 1. The van der Waals surface area contributed by atoms with E-state index in [2.05, 4.69) is 10.1 Å². The summed E-state index contributed by atoms with van der Waals surface area (Å²) in [6.07, 6.45) is -0.657. The second-order valence-electron chi connectivity index (χ2n) is 7.96. The van der Waals surface area contributed by atoms with E-state index >= 15 is 4.39 Å². The van der Waals surface area contributed by atoms with E-state index in [4.69, 9.17) is 0 Å². The van der Waals surface area contributed by atoms with Crippen molar-refractivity contribution in [1.82, 2.24) is 5.32 Å². The molecule has 0 radical (unpaired) electrons. The first-order chi connectivity index (χ1) is 13.6. The zero-order valence-electron chi connectivity index (χ0n) is 16.5. The smallest absolute Gasteiger partial charge is 0.308 e. The number of hydrogen-bond acceptors (Lipinski definition) is 4. The Hall–Kier alpha value is -2.58. The number of methoxy groups -OCH3 is 1. The molecule has 1 aliphatic carbocycles. The third-order valence-electron chi connectivity index (χ3n) is 5.35. The molecule has 2 aliphatic rings. The van der Waals surface area contributed by atoms with Gasteiger partial charge in [0.15, 0.2) is 0 Å². The van der Waals surface area contributed by atoms with Crippen LogP contribution in [-0.4, -0.2) is 44.2 Å². The van der Waals surface area contributed by atoms with Gasteiger partial charge in [0, 0.05) is 12.1 Å².